The van der Waals surface area contributed by atoms with Crippen molar-refractivity contribution in [2.75, 3.05) is 21.2 Å². The lowest BCUT2D eigenvalue weighted by molar-refractivity contribution is 0.101. The monoisotopic (exact) mass is 370 g/mol. The van der Waals surface area contributed by atoms with E-state index >= 15 is 0 Å². The number of nitrogens with zero attached hydrogens (tertiary/aromatic N) is 2. The van der Waals surface area contributed by atoms with Crippen LogP contribution in [0.5, 0.6) is 0 Å². The fraction of sp³-hybridized carbons (Fsp3) is 0.286. The average molecular weight is 370 g/mol. The highest BCUT2D eigenvalue weighted by molar-refractivity contribution is 5.93. The molecule has 2 aromatic rings. The summed E-state index contributed by atoms with van der Waals surface area (Å²) in [5, 5.41) is 10.8. The minimum Gasteiger partial charge on any atom is -0.400 e. The number of hydrazine groups is 2. The van der Waals surface area contributed by atoms with E-state index in [1.54, 1.807) is 6.92 Å². The highest BCUT2D eigenvalue weighted by Gasteiger charge is 2.08. The zero-order valence-corrected chi connectivity index (χ0v) is 16.6. The summed E-state index contributed by atoms with van der Waals surface area (Å²) in [7, 11) is 4.88. The molecule has 0 aliphatic carbocycles. The molecule has 4 N–H and O–H groups in total. The van der Waals surface area contributed by atoms with Crippen LogP contribution in [0.4, 0.5) is 0 Å². The van der Waals surface area contributed by atoms with Gasteiger partial charge in [-0.1, -0.05) is 55.1 Å². The number of hydrogen-bond donors (Lipinski definition) is 3. The number of aliphatic hydroxyl groups is 1. The molecule has 0 heterocycles. The van der Waals surface area contributed by atoms with Gasteiger partial charge in [-0.2, -0.15) is 5.53 Å². The molecule has 6 nitrogen and oxygen atoms in total. The van der Waals surface area contributed by atoms with Crippen LogP contribution < -0.4 is 11.3 Å². The van der Waals surface area contributed by atoms with E-state index in [9.17, 15) is 4.79 Å². The molecule has 0 fully saturated rings. The molecular weight excluding hydrogens is 340 g/mol. The van der Waals surface area contributed by atoms with Crippen molar-refractivity contribution < 1.29 is 9.90 Å². The molecule has 6 heteroatoms. The smallest absolute Gasteiger partial charge is 0.159 e. The van der Waals surface area contributed by atoms with Gasteiger partial charge in [0.05, 0.1) is 5.70 Å². The molecule has 0 radical (unpaired) electrons. The van der Waals surface area contributed by atoms with E-state index in [1.807, 2.05) is 72.6 Å². The number of aliphatic hydroxyl groups excluding tert-OH is 1. The van der Waals surface area contributed by atoms with Gasteiger partial charge in [0.25, 0.3) is 0 Å². The predicted octanol–water partition coefficient (Wildman–Crippen LogP) is 2.41. The van der Waals surface area contributed by atoms with Gasteiger partial charge in [0, 0.05) is 39.9 Å². The van der Waals surface area contributed by atoms with E-state index in [2.05, 4.69) is 12.1 Å². The van der Waals surface area contributed by atoms with Crippen LogP contribution >= 0.6 is 0 Å². The van der Waals surface area contributed by atoms with Gasteiger partial charge in [0.2, 0.25) is 0 Å². The molecule has 0 unspecified atom stereocenters. The minimum atomic E-state index is 0.0784. The Hall–Kier alpha value is -2.51. The lowest BCUT2D eigenvalue weighted by atomic mass is 10.1. The second-order valence-electron chi connectivity index (χ2n) is 6.12. The van der Waals surface area contributed by atoms with Crippen molar-refractivity contribution in [1.82, 2.24) is 15.6 Å². The Balaban J connectivity index is 0.00000176. The van der Waals surface area contributed by atoms with Crippen LogP contribution in [0.25, 0.3) is 5.70 Å². The summed E-state index contributed by atoms with van der Waals surface area (Å²) in [5.41, 5.74) is 13.7. The van der Waals surface area contributed by atoms with Gasteiger partial charge in [0.15, 0.2) is 5.78 Å². The Bertz CT molecular complexity index is 727. The first-order chi connectivity index (χ1) is 12.9. The van der Waals surface area contributed by atoms with E-state index in [4.69, 9.17) is 10.8 Å². The number of carbonyl (C=O) groups excluding carboxylic acids is 1. The second-order valence-corrected chi connectivity index (χ2v) is 6.12. The third-order valence-corrected chi connectivity index (χ3v) is 4.03. The lowest BCUT2D eigenvalue weighted by Crippen LogP contribution is -2.44. The van der Waals surface area contributed by atoms with E-state index in [1.165, 1.54) is 0 Å². The molecule has 0 saturated heterocycles. The highest BCUT2D eigenvalue weighted by atomic mass is 16.2. The number of nitrogens with two attached hydrogens (primary N) is 1. The van der Waals surface area contributed by atoms with Crippen LogP contribution in [0.15, 0.2) is 55.1 Å². The molecule has 0 spiro atoms. The van der Waals surface area contributed by atoms with E-state index in [0.29, 0.717) is 13.1 Å². The summed E-state index contributed by atoms with van der Waals surface area (Å²) in [6.45, 7) is 6.94. The lowest BCUT2D eigenvalue weighted by Gasteiger charge is -2.29. The maximum Gasteiger partial charge on any atom is 0.159 e. The largest absolute Gasteiger partial charge is 0.400 e. The molecule has 0 bridgehead atoms. The highest BCUT2D eigenvalue weighted by Crippen LogP contribution is 2.15. The first-order valence-corrected chi connectivity index (χ1v) is 8.64. The van der Waals surface area contributed by atoms with Gasteiger partial charge >= 0.3 is 0 Å². The Morgan fingerprint density at radius 2 is 1.48 bits per heavy atom. The molecule has 2 rings (SSSR count). The quantitative estimate of drug-likeness (QED) is 0.489. The summed E-state index contributed by atoms with van der Waals surface area (Å²) < 4.78 is 0. The van der Waals surface area contributed by atoms with Crippen molar-refractivity contribution >= 4 is 11.5 Å². The molecule has 0 aromatic heterocycles. The minimum absolute atomic E-state index is 0.0784. The van der Waals surface area contributed by atoms with Gasteiger partial charge in [-0.25, -0.2) is 5.01 Å². The van der Waals surface area contributed by atoms with Crippen molar-refractivity contribution in [1.29, 1.82) is 0 Å². The number of benzene rings is 2. The molecule has 146 valence electrons. The Morgan fingerprint density at radius 3 is 1.96 bits per heavy atom. The molecule has 0 aliphatic rings. The zero-order chi connectivity index (χ0) is 20.4. The Labute approximate surface area is 161 Å². The van der Waals surface area contributed by atoms with Crippen LogP contribution in [0, 0.1) is 0 Å². The number of rotatable bonds is 8. The Morgan fingerprint density at radius 1 is 1.00 bits per heavy atom. The van der Waals surface area contributed by atoms with Crippen LogP contribution in [0.1, 0.15) is 34.0 Å². The van der Waals surface area contributed by atoms with Crippen molar-refractivity contribution in [3.63, 3.8) is 0 Å². The first kappa shape index (κ1) is 22.5. The van der Waals surface area contributed by atoms with Gasteiger partial charge in [-0.15, -0.1) is 0 Å². The third kappa shape index (κ3) is 6.96. The van der Waals surface area contributed by atoms with Crippen molar-refractivity contribution in [3.05, 3.63) is 77.4 Å². The number of hydrogen-bond acceptors (Lipinski definition) is 6. The molecular formula is C21H30N4O2. The van der Waals surface area contributed by atoms with Gasteiger partial charge in [0.1, 0.15) is 0 Å². The summed E-state index contributed by atoms with van der Waals surface area (Å²) in [5.74, 6) is 0.0784. The number of carbonyl (C=O) groups is 1. The predicted molar refractivity (Wildman–Crippen MR) is 110 cm³/mol. The van der Waals surface area contributed by atoms with Crippen LogP contribution in [0.3, 0.4) is 0 Å². The van der Waals surface area contributed by atoms with Crippen LogP contribution in [-0.2, 0) is 13.1 Å². The summed E-state index contributed by atoms with van der Waals surface area (Å²) in [6, 6.07) is 15.7. The van der Waals surface area contributed by atoms with Crippen LogP contribution in [-0.4, -0.2) is 42.1 Å². The van der Waals surface area contributed by atoms with Crippen molar-refractivity contribution in [2.24, 2.45) is 5.73 Å². The zero-order valence-electron chi connectivity index (χ0n) is 16.6. The van der Waals surface area contributed by atoms with E-state index in [0.717, 1.165) is 35.1 Å². The van der Waals surface area contributed by atoms with Crippen molar-refractivity contribution in [2.45, 2.75) is 20.0 Å². The molecule has 2 aromatic carbocycles. The second kappa shape index (κ2) is 11.3. The summed E-state index contributed by atoms with van der Waals surface area (Å²) in [6.07, 6.45) is 0. The fourth-order valence-corrected chi connectivity index (χ4v) is 2.50. The van der Waals surface area contributed by atoms with Gasteiger partial charge < -0.3 is 10.8 Å². The molecule has 0 atom stereocenters. The van der Waals surface area contributed by atoms with E-state index < -0.39 is 0 Å². The molecule has 27 heavy (non-hydrogen) atoms. The average Bonchev–Trinajstić information content (AvgIpc) is 2.69. The first-order valence-electron chi connectivity index (χ1n) is 8.64. The molecule has 0 aliphatic heterocycles. The number of Topliss-reactive ketones (excluding diaryl/α,β-unsaturated/α-hetero) is 1. The third-order valence-electron chi connectivity index (χ3n) is 4.03. The SMILES string of the molecule is C=C(c1ccc(CN)cc1)N(C)NN(C)Cc1ccc(C(C)=O)cc1.CO. The van der Waals surface area contributed by atoms with Crippen molar-refractivity contribution in [3.8, 4) is 0 Å². The van der Waals surface area contributed by atoms with Gasteiger partial charge in [-0.05, 0) is 23.6 Å². The van der Waals surface area contributed by atoms with E-state index in [-0.39, 0.29) is 5.78 Å². The standard InChI is InChI=1S/C20H26N4O.CH4O/c1-15(19-9-5-17(13-21)6-10-19)24(4)22-23(3)14-18-7-11-20(12-8-18)16(2)25;1-2/h5-12,22H,1,13-14,21H2,2-4H3;2H,1H3. The maximum atomic E-state index is 11.3. The summed E-state index contributed by atoms with van der Waals surface area (Å²) >= 11 is 0. The number of nitrogens with one attached hydrogen (secondary N) is 1. The van der Waals surface area contributed by atoms with Gasteiger partial charge in [-0.3, -0.25) is 9.80 Å². The number of ketones is 1. The summed E-state index contributed by atoms with van der Waals surface area (Å²) in [4.78, 5) is 11.3. The topological polar surface area (TPSA) is 81.8 Å². The molecule has 0 amide bonds. The fourth-order valence-electron chi connectivity index (χ4n) is 2.50. The van der Waals surface area contributed by atoms with Crippen LogP contribution in [0.2, 0.25) is 0 Å². The Kier molecular flexibility index (Phi) is 9.39. The molecule has 0 saturated carbocycles. The normalized spacial score (nSPS) is 10.2. The maximum absolute atomic E-state index is 11.3.